The number of carboxylic acid groups (broad SMARTS) is 1. The van der Waals surface area contributed by atoms with Gasteiger partial charge in [-0.1, -0.05) is 11.2 Å². The molecule has 8 heteroatoms. The summed E-state index contributed by atoms with van der Waals surface area (Å²) in [5.41, 5.74) is -0.143. The Hall–Kier alpha value is -2.51. The van der Waals surface area contributed by atoms with E-state index in [4.69, 9.17) is 5.11 Å². The lowest BCUT2D eigenvalue weighted by molar-refractivity contribution is -0.131. The van der Waals surface area contributed by atoms with Crippen molar-refractivity contribution in [2.45, 2.75) is 19.1 Å². The third-order valence-electron chi connectivity index (χ3n) is 2.68. The van der Waals surface area contributed by atoms with Crippen molar-refractivity contribution in [3.63, 3.8) is 0 Å². The highest BCUT2D eigenvalue weighted by atomic mass is 19.1. The molecule has 0 saturated heterocycles. The fraction of sp³-hybridized carbons (Fsp3) is 0.250. The molecule has 1 amide bonds. The summed E-state index contributed by atoms with van der Waals surface area (Å²) in [5, 5.41) is 14.3. The van der Waals surface area contributed by atoms with E-state index < -0.39 is 29.6 Å². The standard InChI is InChI=1S/C12H10F2N2O4/c13-7-2-1-6(8(14)3-7)5-15-11(17)10-4-9(12(18)19)16-20-10/h1-3,10H,4-5H2,(H,15,17)(H,18,19). The first-order chi connectivity index (χ1) is 9.47. The van der Waals surface area contributed by atoms with E-state index >= 15 is 0 Å². The molecule has 0 saturated carbocycles. The van der Waals surface area contributed by atoms with Crippen molar-refractivity contribution in [3.8, 4) is 0 Å². The van der Waals surface area contributed by atoms with E-state index in [9.17, 15) is 18.4 Å². The number of hydrogen-bond donors (Lipinski definition) is 2. The Morgan fingerprint density at radius 2 is 2.20 bits per heavy atom. The molecule has 0 aromatic heterocycles. The van der Waals surface area contributed by atoms with E-state index in [2.05, 4.69) is 15.3 Å². The molecule has 20 heavy (non-hydrogen) atoms. The number of hydrogen-bond acceptors (Lipinski definition) is 4. The summed E-state index contributed by atoms with van der Waals surface area (Å²) in [7, 11) is 0. The lowest BCUT2D eigenvalue weighted by Crippen LogP contribution is -2.35. The van der Waals surface area contributed by atoms with Gasteiger partial charge in [0.25, 0.3) is 5.91 Å². The van der Waals surface area contributed by atoms with Gasteiger partial charge in [0.2, 0.25) is 6.10 Å². The number of benzene rings is 1. The van der Waals surface area contributed by atoms with E-state index in [0.29, 0.717) is 6.07 Å². The molecule has 0 fully saturated rings. The van der Waals surface area contributed by atoms with Gasteiger partial charge in [0.15, 0.2) is 5.71 Å². The van der Waals surface area contributed by atoms with Crippen LogP contribution in [0.4, 0.5) is 8.78 Å². The van der Waals surface area contributed by atoms with Crippen LogP contribution in [0.3, 0.4) is 0 Å². The van der Waals surface area contributed by atoms with Crippen molar-refractivity contribution in [1.29, 1.82) is 0 Å². The van der Waals surface area contributed by atoms with Crippen molar-refractivity contribution < 1.29 is 28.3 Å². The monoisotopic (exact) mass is 284 g/mol. The maximum Gasteiger partial charge on any atom is 0.353 e. The fourth-order valence-corrected chi connectivity index (χ4v) is 1.61. The van der Waals surface area contributed by atoms with Gasteiger partial charge in [-0.25, -0.2) is 13.6 Å². The molecule has 0 bridgehead atoms. The van der Waals surface area contributed by atoms with Crippen LogP contribution in [0.1, 0.15) is 12.0 Å². The highest BCUT2D eigenvalue weighted by Gasteiger charge is 2.31. The van der Waals surface area contributed by atoms with E-state index in [1.807, 2.05) is 0 Å². The molecule has 6 nitrogen and oxygen atoms in total. The molecular weight excluding hydrogens is 274 g/mol. The molecule has 0 spiro atoms. The van der Waals surface area contributed by atoms with Crippen LogP contribution < -0.4 is 5.32 Å². The SMILES string of the molecule is O=C(O)C1=NOC(C(=O)NCc2ccc(F)cc2F)C1. The number of carbonyl (C=O) groups excluding carboxylic acids is 1. The Labute approximate surface area is 112 Å². The zero-order valence-corrected chi connectivity index (χ0v) is 10.1. The minimum Gasteiger partial charge on any atom is -0.477 e. The smallest absolute Gasteiger partial charge is 0.353 e. The molecule has 1 heterocycles. The van der Waals surface area contributed by atoms with Gasteiger partial charge in [-0.2, -0.15) is 0 Å². The first-order valence-electron chi connectivity index (χ1n) is 5.65. The Morgan fingerprint density at radius 1 is 1.45 bits per heavy atom. The molecule has 1 aromatic rings. The first-order valence-corrected chi connectivity index (χ1v) is 5.65. The van der Waals surface area contributed by atoms with Gasteiger partial charge in [0, 0.05) is 24.6 Å². The maximum atomic E-state index is 13.3. The second-order valence-corrected chi connectivity index (χ2v) is 4.09. The molecule has 106 valence electrons. The van der Waals surface area contributed by atoms with Gasteiger partial charge in [0.05, 0.1) is 0 Å². The van der Waals surface area contributed by atoms with E-state index in [-0.39, 0.29) is 24.2 Å². The van der Waals surface area contributed by atoms with Crippen LogP contribution >= 0.6 is 0 Å². The maximum absolute atomic E-state index is 13.3. The fourth-order valence-electron chi connectivity index (χ4n) is 1.61. The molecule has 1 unspecified atom stereocenters. The summed E-state index contributed by atoms with van der Waals surface area (Å²) >= 11 is 0. The van der Waals surface area contributed by atoms with Crippen LogP contribution in [0.15, 0.2) is 23.4 Å². The van der Waals surface area contributed by atoms with Crippen LogP contribution in [-0.2, 0) is 21.0 Å². The normalized spacial score (nSPS) is 17.3. The zero-order chi connectivity index (χ0) is 14.7. The lowest BCUT2D eigenvalue weighted by atomic mass is 10.1. The summed E-state index contributed by atoms with van der Waals surface area (Å²) in [4.78, 5) is 26.9. The number of nitrogens with zero attached hydrogens (tertiary/aromatic N) is 1. The number of oxime groups is 1. The van der Waals surface area contributed by atoms with Gasteiger partial charge in [-0.15, -0.1) is 0 Å². The van der Waals surface area contributed by atoms with Crippen LogP contribution in [0.5, 0.6) is 0 Å². The van der Waals surface area contributed by atoms with Gasteiger partial charge in [-0.05, 0) is 6.07 Å². The molecule has 1 aliphatic rings. The summed E-state index contributed by atoms with van der Waals surface area (Å²) in [6.07, 6.45) is -1.21. The Kier molecular flexibility index (Phi) is 3.92. The molecule has 0 aliphatic carbocycles. The highest BCUT2D eigenvalue weighted by molar-refractivity contribution is 6.36. The Morgan fingerprint density at radius 3 is 2.80 bits per heavy atom. The number of nitrogens with one attached hydrogen (secondary N) is 1. The van der Waals surface area contributed by atoms with Gasteiger partial charge in [0.1, 0.15) is 11.6 Å². The third kappa shape index (κ3) is 3.08. The topological polar surface area (TPSA) is 88.0 Å². The Balaban J connectivity index is 1.89. The first kappa shape index (κ1) is 13.9. The average molecular weight is 284 g/mol. The number of carbonyl (C=O) groups is 2. The van der Waals surface area contributed by atoms with E-state index in [1.165, 1.54) is 6.07 Å². The van der Waals surface area contributed by atoms with E-state index in [0.717, 1.165) is 6.07 Å². The summed E-state index contributed by atoms with van der Waals surface area (Å²) in [6, 6.07) is 2.99. The minimum atomic E-state index is -1.26. The van der Waals surface area contributed by atoms with Crippen molar-refractivity contribution in [2.24, 2.45) is 5.16 Å². The van der Waals surface area contributed by atoms with Crippen LogP contribution in [0, 0.1) is 11.6 Å². The van der Waals surface area contributed by atoms with Crippen molar-refractivity contribution in [3.05, 3.63) is 35.4 Å². The molecule has 1 aromatic carbocycles. The van der Waals surface area contributed by atoms with Crippen molar-refractivity contribution in [2.75, 3.05) is 0 Å². The van der Waals surface area contributed by atoms with Crippen LogP contribution in [-0.4, -0.2) is 28.8 Å². The number of rotatable bonds is 4. The molecule has 1 aliphatic heterocycles. The molecule has 0 radical (unpaired) electrons. The molecule has 2 rings (SSSR count). The number of halogens is 2. The predicted molar refractivity (Wildman–Crippen MR) is 62.8 cm³/mol. The van der Waals surface area contributed by atoms with Gasteiger partial charge in [-0.3, -0.25) is 4.79 Å². The lowest BCUT2D eigenvalue weighted by Gasteiger charge is -2.09. The number of amides is 1. The van der Waals surface area contributed by atoms with Crippen molar-refractivity contribution >= 4 is 17.6 Å². The number of carboxylic acids is 1. The largest absolute Gasteiger partial charge is 0.477 e. The summed E-state index contributed by atoms with van der Waals surface area (Å²) in [5.74, 6) is -3.37. The van der Waals surface area contributed by atoms with Gasteiger partial charge < -0.3 is 15.3 Å². The quantitative estimate of drug-likeness (QED) is 0.856. The van der Waals surface area contributed by atoms with E-state index in [1.54, 1.807) is 0 Å². The highest BCUT2D eigenvalue weighted by Crippen LogP contribution is 2.12. The summed E-state index contributed by atoms with van der Waals surface area (Å²) < 4.78 is 26.0. The molecule has 2 N–H and O–H groups in total. The second-order valence-electron chi connectivity index (χ2n) is 4.09. The minimum absolute atomic E-state index is 0.108. The molecular formula is C12H10F2N2O4. The van der Waals surface area contributed by atoms with Gasteiger partial charge >= 0.3 is 5.97 Å². The zero-order valence-electron chi connectivity index (χ0n) is 10.1. The van der Waals surface area contributed by atoms with Crippen LogP contribution in [0.2, 0.25) is 0 Å². The Bertz CT molecular complexity index is 589. The second kappa shape index (κ2) is 5.64. The predicted octanol–water partition coefficient (Wildman–Crippen LogP) is 0.810. The summed E-state index contributed by atoms with van der Waals surface area (Å²) in [6.45, 7) is -0.160. The average Bonchev–Trinajstić information content (AvgIpc) is 2.87. The van der Waals surface area contributed by atoms with Crippen molar-refractivity contribution in [1.82, 2.24) is 5.32 Å². The number of aliphatic carboxylic acids is 1. The third-order valence-corrected chi connectivity index (χ3v) is 2.68. The van der Waals surface area contributed by atoms with Crippen LogP contribution in [0.25, 0.3) is 0 Å². The molecule has 1 atom stereocenters.